The normalized spacial score (nSPS) is 11.5. The highest BCUT2D eigenvalue weighted by Gasteiger charge is 2.16. The molecule has 0 unspecified atom stereocenters. The lowest BCUT2D eigenvalue weighted by Gasteiger charge is -2.09. The van der Waals surface area contributed by atoms with Gasteiger partial charge in [-0.15, -0.1) is 0 Å². The van der Waals surface area contributed by atoms with Gasteiger partial charge in [-0.1, -0.05) is 12.1 Å². The van der Waals surface area contributed by atoms with Crippen LogP contribution in [0.4, 0.5) is 11.6 Å². The highest BCUT2D eigenvalue weighted by molar-refractivity contribution is 14.1. The maximum absolute atomic E-state index is 12.3. The standard InChI is InChI=1S/C24H36IN7O6/c25-20-22(27)31-21(26)19(30-20)23(34)32-24(28)29-8-2-1-3-17-4-6-18(7-5-17)38-16-15-37-14-13-36-12-11-35-10-9-33/h4-7,33H,1-3,8-16H2,(H4,26,27,31)(H3,28,29,32,34). The zero-order chi connectivity index (χ0) is 27.6. The van der Waals surface area contributed by atoms with Crippen LogP contribution >= 0.6 is 22.6 Å². The molecule has 0 bridgehead atoms. The number of aliphatic hydroxyl groups is 1. The summed E-state index contributed by atoms with van der Waals surface area (Å²) < 4.78 is 22.0. The first-order valence-electron chi connectivity index (χ1n) is 12.2. The Labute approximate surface area is 235 Å². The number of carbonyl (C=O) groups is 1. The van der Waals surface area contributed by atoms with E-state index in [1.807, 2.05) is 46.9 Å². The molecule has 0 spiro atoms. The van der Waals surface area contributed by atoms with E-state index in [4.69, 9.17) is 41.3 Å². The third-order valence-electron chi connectivity index (χ3n) is 4.92. The molecule has 0 aliphatic rings. The van der Waals surface area contributed by atoms with Gasteiger partial charge in [0.25, 0.3) is 5.91 Å². The number of benzene rings is 1. The van der Waals surface area contributed by atoms with Gasteiger partial charge in [0.1, 0.15) is 16.1 Å². The van der Waals surface area contributed by atoms with Crippen LogP contribution < -0.4 is 27.3 Å². The topological polar surface area (TPSA) is 202 Å². The molecule has 210 valence electrons. The van der Waals surface area contributed by atoms with Crippen molar-refractivity contribution in [2.24, 2.45) is 10.7 Å². The molecule has 1 amide bonds. The van der Waals surface area contributed by atoms with Crippen LogP contribution in [0.25, 0.3) is 0 Å². The number of aryl methyl sites for hydroxylation is 1. The third kappa shape index (κ3) is 12.6. The quantitative estimate of drug-likeness (QED) is 0.0662. The van der Waals surface area contributed by atoms with Gasteiger partial charge in [0.2, 0.25) is 0 Å². The number of aromatic nitrogens is 2. The van der Waals surface area contributed by atoms with Crippen molar-refractivity contribution in [3.05, 3.63) is 39.2 Å². The molecular formula is C24H36IN7O6. The van der Waals surface area contributed by atoms with Gasteiger partial charge in [0, 0.05) is 6.54 Å². The molecule has 14 heteroatoms. The molecule has 1 heterocycles. The van der Waals surface area contributed by atoms with Gasteiger partial charge in [0.15, 0.2) is 23.3 Å². The van der Waals surface area contributed by atoms with Crippen molar-refractivity contribution in [3.8, 4) is 5.75 Å². The minimum absolute atomic E-state index is 0.00937. The SMILES string of the molecule is NC(=NCCCCc1ccc(OCCOCCOCCOCCO)cc1)NC(=O)c1nc(I)c(N)nc1N. The van der Waals surface area contributed by atoms with Gasteiger partial charge >= 0.3 is 0 Å². The molecule has 0 atom stereocenters. The molecule has 0 saturated heterocycles. The summed E-state index contributed by atoms with van der Waals surface area (Å²) in [5, 5.41) is 11.1. The van der Waals surface area contributed by atoms with E-state index in [0.717, 1.165) is 25.0 Å². The van der Waals surface area contributed by atoms with E-state index in [2.05, 4.69) is 20.3 Å². The van der Waals surface area contributed by atoms with Crippen molar-refractivity contribution in [1.82, 2.24) is 15.3 Å². The van der Waals surface area contributed by atoms with Crippen LogP contribution in [0.5, 0.6) is 5.75 Å². The Hall–Kier alpha value is -2.79. The van der Waals surface area contributed by atoms with Crippen LogP contribution in [-0.2, 0) is 20.6 Å². The van der Waals surface area contributed by atoms with Crippen molar-refractivity contribution in [2.75, 3.05) is 70.9 Å². The van der Waals surface area contributed by atoms with Crippen molar-refractivity contribution in [1.29, 1.82) is 0 Å². The average molecular weight is 645 g/mol. The molecule has 2 rings (SSSR count). The summed E-state index contributed by atoms with van der Waals surface area (Å²) in [4.78, 5) is 24.4. The van der Waals surface area contributed by atoms with E-state index in [9.17, 15) is 4.79 Å². The number of nitrogens with zero attached hydrogens (tertiary/aromatic N) is 3. The van der Waals surface area contributed by atoms with E-state index < -0.39 is 5.91 Å². The van der Waals surface area contributed by atoms with Gasteiger partial charge in [-0.3, -0.25) is 15.1 Å². The van der Waals surface area contributed by atoms with Gasteiger partial charge in [-0.25, -0.2) is 9.97 Å². The van der Waals surface area contributed by atoms with Gasteiger partial charge in [0.05, 0.1) is 46.2 Å². The lowest BCUT2D eigenvalue weighted by molar-refractivity contribution is 0.00361. The fourth-order valence-electron chi connectivity index (χ4n) is 3.04. The second kappa shape index (κ2) is 18.5. The number of aliphatic hydroxyl groups excluding tert-OH is 1. The minimum atomic E-state index is -0.589. The van der Waals surface area contributed by atoms with Crippen LogP contribution in [0.1, 0.15) is 28.9 Å². The first-order valence-corrected chi connectivity index (χ1v) is 13.2. The molecule has 0 aliphatic carbocycles. The number of halogens is 1. The van der Waals surface area contributed by atoms with Crippen LogP contribution in [0.15, 0.2) is 29.3 Å². The fourth-order valence-corrected chi connectivity index (χ4v) is 3.40. The predicted molar refractivity (Wildman–Crippen MR) is 152 cm³/mol. The lowest BCUT2D eigenvalue weighted by Crippen LogP contribution is -2.38. The number of nitrogens with two attached hydrogens (primary N) is 3. The molecule has 0 aliphatic heterocycles. The summed E-state index contributed by atoms with van der Waals surface area (Å²) in [5.41, 5.74) is 18.3. The van der Waals surface area contributed by atoms with Gasteiger partial charge in [-0.05, 0) is 59.5 Å². The molecule has 2 aromatic rings. The summed E-state index contributed by atoms with van der Waals surface area (Å²) in [7, 11) is 0. The molecule has 1 aromatic carbocycles. The molecule has 1 aromatic heterocycles. The number of nitrogens with one attached hydrogen (secondary N) is 1. The maximum Gasteiger partial charge on any atom is 0.280 e. The number of unbranched alkanes of at least 4 members (excludes halogenated alkanes) is 1. The molecule has 0 saturated carbocycles. The number of rotatable bonds is 18. The maximum atomic E-state index is 12.3. The molecule has 13 nitrogen and oxygen atoms in total. The average Bonchev–Trinajstić information content (AvgIpc) is 2.90. The number of aliphatic imine (C=N–C) groups is 1. The van der Waals surface area contributed by atoms with Crippen LogP contribution in [0.2, 0.25) is 0 Å². The summed E-state index contributed by atoms with van der Waals surface area (Å²) >= 11 is 1.87. The highest BCUT2D eigenvalue weighted by Crippen LogP contribution is 2.15. The molecular weight excluding hydrogens is 609 g/mol. The van der Waals surface area contributed by atoms with Crippen LogP contribution in [-0.4, -0.2) is 86.3 Å². The number of nitrogen functional groups attached to an aromatic ring is 2. The molecule has 0 radical (unpaired) electrons. The highest BCUT2D eigenvalue weighted by atomic mass is 127. The minimum Gasteiger partial charge on any atom is -0.491 e. The van der Waals surface area contributed by atoms with E-state index in [1.54, 1.807) is 0 Å². The van der Waals surface area contributed by atoms with Crippen molar-refractivity contribution < 1.29 is 28.8 Å². The Kier molecular flexibility index (Phi) is 15.3. The number of amides is 1. The van der Waals surface area contributed by atoms with E-state index in [1.165, 1.54) is 5.56 Å². The van der Waals surface area contributed by atoms with Crippen molar-refractivity contribution >= 4 is 46.1 Å². The monoisotopic (exact) mass is 645 g/mol. The fraction of sp³-hybridized carbons (Fsp3) is 0.500. The smallest absolute Gasteiger partial charge is 0.280 e. The number of hydrogen-bond donors (Lipinski definition) is 5. The molecule has 0 fully saturated rings. The predicted octanol–water partition coefficient (Wildman–Crippen LogP) is 0.734. The zero-order valence-electron chi connectivity index (χ0n) is 21.2. The third-order valence-corrected chi connectivity index (χ3v) is 5.71. The Balaban J connectivity index is 1.55. The molecule has 38 heavy (non-hydrogen) atoms. The van der Waals surface area contributed by atoms with E-state index >= 15 is 0 Å². The second-order valence-electron chi connectivity index (χ2n) is 7.86. The van der Waals surface area contributed by atoms with E-state index in [-0.39, 0.29) is 29.9 Å². The number of anilines is 2. The van der Waals surface area contributed by atoms with Crippen LogP contribution in [0.3, 0.4) is 0 Å². The number of guanidine groups is 1. The number of hydrogen-bond acceptors (Lipinski definition) is 11. The summed E-state index contributed by atoms with van der Waals surface area (Å²) in [5.74, 6) is 0.268. The summed E-state index contributed by atoms with van der Waals surface area (Å²) in [6.07, 6.45) is 2.59. The van der Waals surface area contributed by atoms with Crippen molar-refractivity contribution in [3.63, 3.8) is 0 Å². The molecule has 8 N–H and O–H groups in total. The Morgan fingerprint density at radius 3 is 2.21 bits per heavy atom. The summed E-state index contributed by atoms with van der Waals surface area (Å²) in [6, 6.07) is 7.92. The number of ether oxygens (including phenoxy) is 4. The van der Waals surface area contributed by atoms with Gasteiger partial charge in [-0.2, -0.15) is 0 Å². The van der Waals surface area contributed by atoms with Crippen LogP contribution in [0, 0.1) is 3.70 Å². The van der Waals surface area contributed by atoms with Crippen molar-refractivity contribution in [2.45, 2.75) is 19.3 Å². The number of carbonyl (C=O) groups excluding carboxylic acids is 1. The second-order valence-corrected chi connectivity index (χ2v) is 8.89. The lowest BCUT2D eigenvalue weighted by atomic mass is 10.1. The Bertz CT molecular complexity index is 1010. The Morgan fingerprint density at radius 1 is 0.921 bits per heavy atom. The zero-order valence-corrected chi connectivity index (χ0v) is 23.4. The Morgan fingerprint density at radius 2 is 1.55 bits per heavy atom. The summed E-state index contributed by atoms with van der Waals surface area (Å²) in [6.45, 7) is 3.63. The first kappa shape index (κ1) is 31.4. The van der Waals surface area contributed by atoms with E-state index in [0.29, 0.717) is 56.5 Å². The van der Waals surface area contributed by atoms with Gasteiger partial charge < -0.3 is 41.3 Å². The largest absolute Gasteiger partial charge is 0.491 e. The first-order chi connectivity index (χ1) is 18.4.